The highest BCUT2D eigenvalue weighted by Gasteiger charge is 2.55. The third-order valence-electron chi connectivity index (χ3n) is 6.03. The number of carbonyl (C=O) groups excluding carboxylic acids is 2. The Kier molecular flexibility index (Phi) is 8.80. The van der Waals surface area contributed by atoms with E-state index in [1.807, 2.05) is 30.3 Å². The first-order valence-electron chi connectivity index (χ1n) is 12.5. The van der Waals surface area contributed by atoms with E-state index in [4.69, 9.17) is 19.9 Å². The molecule has 1 fully saturated rings. The van der Waals surface area contributed by atoms with Gasteiger partial charge in [-0.3, -0.25) is 23.9 Å². The molecule has 15 heteroatoms. The lowest BCUT2D eigenvalue weighted by Gasteiger charge is -2.27. The molecule has 14 nitrogen and oxygen atoms in total. The number of nitrogens with zero attached hydrogens (tertiary/aromatic N) is 3. The van der Waals surface area contributed by atoms with Gasteiger partial charge in [0.2, 0.25) is 13.4 Å². The van der Waals surface area contributed by atoms with E-state index in [1.165, 1.54) is 13.3 Å². The van der Waals surface area contributed by atoms with Crippen molar-refractivity contribution in [1.82, 2.24) is 29.7 Å². The van der Waals surface area contributed by atoms with Gasteiger partial charge in [0.25, 0.3) is 5.56 Å². The standard InChI is InChI=1S/C24H32N7O7P/c1-3-37-21(33)16(2)29-39(35,30-24(9-10-24)22(34)38-13-17-7-5-4-6-8-17)15-36-12-11-31-14-26-18-19(31)27-23(25)28-20(18)32/h4-8,14,16H,3,9-13,15H2,1-2H3,(H2,29,30,35)(H3,25,27,28,32)/t16-,39?/m0/s1. The molecular weight excluding hydrogens is 529 g/mol. The van der Waals surface area contributed by atoms with Gasteiger partial charge in [-0.15, -0.1) is 0 Å². The Hall–Kier alpha value is -3.58. The van der Waals surface area contributed by atoms with Crippen molar-refractivity contribution in [3.63, 3.8) is 0 Å². The van der Waals surface area contributed by atoms with Crippen molar-refractivity contribution < 1.29 is 28.4 Å². The molecule has 0 spiro atoms. The highest BCUT2D eigenvalue weighted by Crippen LogP contribution is 2.48. The number of nitrogen functional groups attached to an aromatic ring is 1. The number of benzene rings is 1. The van der Waals surface area contributed by atoms with Gasteiger partial charge in [0.15, 0.2) is 11.2 Å². The van der Waals surface area contributed by atoms with Gasteiger partial charge >= 0.3 is 11.9 Å². The number of ether oxygens (including phenoxy) is 3. The lowest BCUT2D eigenvalue weighted by Crippen LogP contribution is -2.45. The quantitative estimate of drug-likeness (QED) is 0.125. The van der Waals surface area contributed by atoms with Crippen molar-refractivity contribution in [2.75, 3.05) is 25.3 Å². The summed E-state index contributed by atoms with van der Waals surface area (Å²) >= 11 is 0. The topological polar surface area (TPSA) is 193 Å². The van der Waals surface area contributed by atoms with Crippen LogP contribution in [0.15, 0.2) is 41.5 Å². The summed E-state index contributed by atoms with van der Waals surface area (Å²) in [5.74, 6) is -1.17. The van der Waals surface area contributed by atoms with Crippen LogP contribution in [0, 0.1) is 0 Å². The first-order valence-corrected chi connectivity index (χ1v) is 14.4. The van der Waals surface area contributed by atoms with Crippen LogP contribution in [-0.4, -0.2) is 62.6 Å². The number of aromatic nitrogens is 4. The van der Waals surface area contributed by atoms with Crippen LogP contribution < -0.4 is 21.5 Å². The molecule has 1 aliphatic carbocycles. The number of hydrogen-bond acceptors (Lipinski definition) is 10. The van der Waals surface area contributed by atoms with E-state index in [1.54, 1.807) is 11.5 Å². The van der Waals surface area contributed by atoms with Crippen LogP contribution in [0.1, 0.15) is 32.3 Å². The predicted molar refractivity (Wildman–Crippen MR) is 142 cm³/mol. The molecular formula is C24H32N7O7P. The number of esters is 2. The monoisotopic (exact) mass is 561 g/mol. The Balaban J connectivity index is 1.41. The van der Waals surface area contributed by atoms with Crippen molar-refractivity contribution in [2.45, 2.75) is 51.4 Å². The van der Waals surface area contributed by atoms with E-state index in [0.29, 0.717) is 12.8 Å². The number of fused-ring (bicyclic) bond motifs is 1. The van der Waals surface area contributed by atoms with Gasteiger partial charge in [0, 0.05) is 6.54 Å². The fourth-order valence-electron chi connectivity index (χ4n) is 3.92. The maximum atomic E-state index is 14.0. The number of H-pyrrole nitrogens is 1. The molecule has 2 atom stereocenters. The van der Waals surface area contributed by atoms with E-state index < -0.39 is 36.5 Å². The molecule has 0 bridgehead atoms. The Labute approximate surface area is 224 Å². The summed E-state index contributed by atoms with van der Waals surface area (Å²) in [6, 6.07) is 8.30. The first-order chi connectivity index (χ1) is 18.6. The maximum absolute atomic E-state index is 14.0. The molecule has 1 unspecified atom stereocenters. The largest absolute Gasteiger partial charge is 0.465 e. The van der Waals surface area contributed by atoms with Crippen LogP contribution in [0.2, 0.25) is 0 Å². The minimum absolute atomic E-state index is 0.0464. The molecule has 0 saturated heterocycles. The molecule has 5 N–H and O–H groups in total. The van der Waals surface area contributed by atoms with E-state index in [0.717, 1.165) is 5.56 Å². The second-order valence-electron chi connectivity index (χ2n) is 9.20. The molecule has 1 saturated carbocycles. The molecule has 3 aromatic rings. The molecule has 2 heterocycles. The summed E-state index contributed by atoms with van der Waals surface area (Å²) in [6.45, 7) is 3.72. The van der Waals surface area contributed by atoms with E-state index >= 15 is 0 Å². The van der Waals surface area contributed by atoms with Gasteiger partial charge in [0.1, 0.15) is 24.5 Å². The Bertz CT molecular complexity index is 1420. The van der Waals surface area contributed by atoms with Gasteiger partial charge in [0.05, 0.1) is 19.5 Å². The van der Waals surface area contributed by atoms with Crippen molar-refractivity contribution in [3.05, 3.63) is 52.6 Å². The van der Waals surface area contributed by atoms with Gasteiger partial charge in [-0.2, -0.15) is 4.98 Å². The van der Waals surface area contributed by atoms with Crippen LogP contribution in [0.25, 0.3) is 11.2 Å². The van der Waals surface area contributed by atoms with Crippen molar-refractivity contribution in [1.29, 1.82) is 0 Å². The van der Waals surface area contributed by atoms with Gasteiger partial charge in [-0.1, -0.05) is 30.3 Å². The second kappa shape index (κ2) is 12.1. The third kappa shape index (κ3) is 7.09. The van der Waals surface area contributed by atoms with E-state index in [-0.39, 0.29) is 49.8 Å². The number of nitrogens with two attached hydrogens (primary N) is 1. The van der Waals surface area contributed by atoms with Crippen LogP contribution in [0.5, 0.6) is 0 Å². The summed E-state index contributed by atoms with van der Waals surface area (Å²) in [5, 5.41) is 5.71. The Morgan fingerprint density at radius 3 is 2.69 bits per heavy atom. The molecule has 0 radical (unpaired) electrons. The minimum atomic E-state index is -3.67. The zero-order valence-electron chi connectivity index (χ0n) is 21.7. The molecule has 0 amide bonds. The first kappa shape index (κ1) is 28.4. The van der Waals surface area contributed by atoms with Crippen molar-refractivity contribution in [2.24, 2.45) is 0 Å². The number of carbonyl (C=O) groups is 2. The minimum Gasteiger partial charge on any atom is -0.465 e. The van der Waals surface area contributed by atoms with Crippen LogP contribution in [-0.2, 0) is 41.5 Å². The summed E-state index contributed by atoms with van der Waals surface area (Å²) in [5.41, 5.74) is 5.26. The Morgan fingerprint density at radius 2 is 2.00 bits per heavy atom. The SMILES string of the molecule is CCOC(=O)[C@H](C)NP(=O)(COCCn1cnc2c(=O)[nH]c(N)nc21)NC1(C(=O)OCc2ccccc2)CC1. The third-order valence-corrected chi connectivity index (χ3v) is 8.17. The lowest BCUT2D eigenvalue weighted by molar-refractivity contribution is -0.148. The van der Waals surface area contributed by atoms with Crippen LogP contribution in [0.4, 0.5) is 5.95 Å². The average Bonchev–Trinajstić information content (AvgIpc) is 3.56. The maximum Gasteiger partial charge on any atom is 0.327 e. The van der Waals surface area contributed by atoms with Gasteiger partial charge in [-0.25, -0.2) is 15.2 Å². The van der Waals surface area contributed by atoms with Gasteiger partial charge < -0.3 is 24.5 Å². The van der Waals surface area contributed by atoms with E-state index in [9.17, 15) is 18.9 Å². The van der Waals surface area contributed by atoms with E-state index in [2.05, 4.69) is 25.1 Å². The lowest BCUT2D eigenvalue weighted by atomic mass is 10.2. The highest BCUT2D eigenvalue weighted by atomic mass is 31.2. The highest BCUT2D eigenvalue weighted by molar-refractivity contribution is 7.59. The summed E-state index contributed by atoms with van der Waals surface area (Å²) < 4.78 is 31.8. The van der Waals surface area contributed by atoms with Crippen molar-refractivity contribution >= 4 is 36.5 Å². The van der Waals surface area contributed by atoms with Gasteiger partial charge in [-0.05, 0) is 32.3 Å². The van der Waals surface area contributed by atoms with Crippen molar-refractivity contribution in [3.8, 4) is 0 Å². The number of nitrogens with one attached hydrogen (secondary N) is 3. The molecule has 0 aliphatic heterocycles. The molecule has 1 aliphatic rings. The average molecular weight is 562 g/mol. The van der Waals surface area contributed by atoms with Crippen LogP contribution in [0.3, 0.4) is 0 Å². The number of rotatable bonds is 14. The second-order valence-corrected chi connectivity index (χ2v) is 11.4. The normalized spacial score (nSPS) is 16.4. The number of aromatic amines is 1. The zero-order chi connectivity index (χ0) is 28.0. The molecule has 2 aromatic heterocycles. The molecule has 210 valence electrons. The number of hydrogen-bond donors (Lipinski definition) is 4. The Morgan fingerprint density at radius 1 is 1.26 bits per heavy atom. The fourth-order valence-corrected chi connectivity index (χ4v) is 6.25. The predicted octanol–water partition coefficient (Wildman–Crippen LogP) is 1.28. The molecule has 4 rings (SSSR count). The smallest absolute Gasteiger partial charge is 0.327 e. The number of anilines is 1. The molecule has 39 heavy (non-hydrogen) atoms. The summed E-state index contributed by atoms with van der Waals surface area (Å²) in [7, 11) is -3.67. The zero-order valence-corrected chi connectivity index (χ0v) is 22.6. The number of imidazole rings is 1. The molecule has 1 aromatic carbocycles. The fraction of sp³-hybridized carbons (Fsp3) is 0.458. The van der Waals surface area contributed by atoms with Crippen LogP contribution >= 0.6 is 7.44 Å². The summed E-state index contributed by atoms with van der Waals surface area (Å²) in [6.07, 6.45) is 1.93. The summed E-state index contributed by atoms with van der Waals surface area (Å²) in [4.78, 5) is 47.7.